The van der Waals surface area contributed by atoms with Gasteiger partial charge in [-0.3, -0.25) is 0 Å². The predicted molar refractivity (Wildman–Crippen MR) is 79.8 cm³/mol. The average molecular weight is 321 g/mol. The van der Waals surface area contributed by atoms with Crippen molar-refractivity contribution in [1.29, 1.82) is 0 Å². The molecule has 2 aromatic rings. The number of benzene rings is 1. The fraction of sp³-hybridized carbons (Fsp3) is 0.417. The molecule has 1 N–H and O–H groups in total. The molecule has 0 spiro atoms. The number of halogens is 2. The largest absolute Gasteiger partial charge is 0.382 e. The van der Waals surface area contributed by atoms with Crippen molar-refractivity contribution in [2.24, 2.45) is 0 Å². The quantitative estimate of drug-likeness (QED) is 0.854. The first-order valence-corrected chi connectivity index (χ1v) is 6.82. The number of hydrogen-bond acceptors (Lipinski definition) is 3. The third kappa shape index (κ3) is 3.12. The zero-order chi connectivity index (χ0) is 14.0. The molecule has 0 radical (unpaired) electrons. The molecule has 0 aliphatic carbocycles. The van der Waals surface area contributed by atoms with Crippen molar-refractivity contribution in [1.82, 2.24) is 9.55 Å². The molecule has 1 aromatic heterocycles. The summed E-state index contributed by atoms with van der Waals surface area (Å²) in [5.41, 5.74) is 1.75. The maximum Gasteiger partial charge on any atom is 0.178 e. The van der Waals surface area contributed by atoms with Gasteiger partial charge in [0.05, 0.1) is 40.3 Å². The lowest BCUT2D eigenvalue weighted by molar-refractivity contribution is 0.0188. The highest BCUT2D eigenvalue weighted by molar-refractivity contribution is 7.71. The van der Waals surface area contributed by atoms with Gasteiger partial charge in [-0.15, -0.1) is 0 Å². The highest BCUT2D eigenvalue weighted by Crippen LogP contribution is 2.27. The molecular formula is C12H14Cl2N2O2S. The van der Waals surface area contributed by atoms with Crippen LogP contribution in [0.1, 0.15) is 0 Å². The minimum absolute atomic E-state index is 0.0786. The van der Waals surface area contributed by atoms with Gasteiger partial charge in [0.1, 0.15) is 0 Å². The van der Waals surface area contributed by atoms with Gasteiger partial charge >= 0.3 is 0 Å². The van der Waals surface area contributed by atoms with E-state index in [0.29, 0.717) is 28.0 Å². The van der Waals surface area contributed by atoms with E-state index in [1.807, 2.05) is 4.57 Å². The Kier molecular flexibility index (Phi) is 4.86. The fourth-order valence-electron chi connectivity index (χ4n) is 1.92. The van der Waals surface area contributed by atoms with Crippen LogP contribution < -0.4 is 0 Å². The van der Waals surface area contributed by atoms with Gasteiger partial charge in [0, 0.05) is 14.2 Å². The molecule has 0 aliphatic rings. The van der Waals surface area contributed by atoms with Crippen molar-refractivity contribution in [3.63, 3.8) is 0 Å². The molecule has 19 heavy (non-hydrogen) atoms. The highest BCUT2D eigenvalue weighted by atomic mass is 35.5. The molecule has 7 heteroatoms. The van der Waals surface area contributed by atoms with E-state index in [2.05, 4.69) is 4.98 Å². The van der Waals surface area contributed by atoms with Crippen LogP contribution in [-0.2, 0) is 16.0 Å². The summed E-state index contributed by atoms with van der Waals surface area (Å²) in [6.45, 7) is 1.08. The minimum Gasteiger partial charge on any atom is -0.382 e. The summed E-state index contributed by atoms with van der Waals surface area (Å²) >= 11 is 17.4. The van der Waals surface area contributed by atoms with E-state index in [9.17, 15) is 0 Å². The summed E-state index contributed by atoms with van der Waals surface area (Å²) in [5, 5.41) is 0.996. The first-order chi connectivity index (χ1) is 9.06. The fourth-order valence-corrected chi connectivity index (χ4v) is 2.52. The Balaban J connectivity index is 2.45. The Morgan fingerprint density at radius 2 is 2.00 bits per heavy atom. The Bertz CT molecular complexity index is 638. The average Bonchev–Trinajstić information content (AvgIpc) is 2.66. The van der Waals surface area contributed by atoms with Crippen LogP contribution in [0, 0.1) is 4.77 Å². The lowest BCUT2D eigenvalue weighted by atomic mass is 10.3. The number of nitrogens with zero attached hydrogens (tertiary/aromatic N) is 1. The Labute approximate surface area is 126 Å². The molecular weight excluding hydrogens is 307 g/mol. The molecule has 104 valence electrons. The third-order valence-corrected chi connectivity index (χ3v) is 3.93. The van der Waals surface area contributed by atoms with Gasteiger partial charge in [-0.25, -0.2) is 0 Å². The van der Waals surface area contributed by atoms with Crippen molar-refractivity contribution in [2.45, 2.75) is 12.6 Å². The lowest BCUT2D eigenvalue weighted by Gasteiger charge is -2.15. The number of rotatable bonds is 5. The monoisotopic (exact) mass is 320 g/mol. The van der Waals surface area contributed by atoms with Crippen LogP contribution in [0.4, 0.5) is 0 Å². The van der Waals surface area contributed by atoms with Crippen LogP contribution in [0.15, 0.2) is 12.1 Å². The number of aromatic nitrogens is 2. The lowest BCUT2D eigenvalue weighted by Crippen LogP contribution is -2.23. The molecule has 0 saturated heterocycles. The van der Waals surface area contributed by atoms with Gasteiger partial charge in [0.15, 0.2) is 4.77 Å². The summed E-state index contributed by atoms with van der Waals surface area (Å²) < 4.78 is 13.0. The number of H-pyrrole nitrogens is 1. The molecule has 0 bridgehead atoms. The Morgan fingerprint density at radius 3 is 2.63 bits per heavy atom. The van der Waals surface area contributed by atoms with Crippen molar-refractivity contribution >= 4 is 46.5 Å². The Hall–Kier alpha value is -0.590. The van der Waals surface area contributed by atoms with Crippen molar-refractivity contribution in [2.75, 3.05) is 20.8 Å². The first-order valence-electron chi connectivity index (χ1n) is 5.66. The Morgan fingerprint density at radius 1 is 1.32 bits per heavy atom. The number of imidazole rings is 1. The zero-order valence-electron chi connectivity index (χ0n) is 10.6. The molecule has 1 atom stereocenters. The molecule has 2 rings (SSSR count). The van der Waals surface area contributed by atoms with Gasteiger partial charge in [0.25, 0.3) is 0 Å². The zero-order valence-corrected chi connectivity index (χ0v) is 12.9. The topological polar surface area (TPSA) is 39.2 Å². The number of methoxy groups -OCH3 is 2. The predicted octanol–water partition coefficient (Wildman–Crippen LogP) is 3.67. The molecule has 1 unspecified atom stereocenters. The maximum absolute atomic E-state index is 6.05. The van der Waals surface area contributed by atoms with E-state index in [4.69, 9.17) is 44.9 Å². The SMILES string of the molecule is COCC(Cn1c(=S)[nH]c2cc(Cl)c(Cl)cc21)OC. The van der Waals surface area contributed by atoms with Crippen LogP contribution in [0.25, 0.3) is 11.0 Å². The van der Waals surface area contributed by atoms with E-state index in [1.165, 1.54) is 0 Å². The van der Waals surface area contributed by atoms with E-state index >= 15 is 0 Å². The second kappa shape index (κ2) is 6.24. The minimum atomic E-state index is -0.0786. The van der Waals surface area contributed by atoms with E-state index in [0.717, 1.165) is 11.0 Å². The number of ether oxygens (including phenoxy) is 2. The first kappa shape index (κ1) is 14.8. The highest BCUT2D eigenvalue weighted by Gasteiger charge is 2.13. The van der Waals surface area contributed by atoms with Crippen molar-refractivity contribution < 1.29 is 9.47 Å². The second-order valence-corrected chi connectivity index (χ2v) is 5.34. The normalized spacial score (nSPS) is 13.1. The molecule has 0 amide bonds. The number of fused-ring (bicyclic) bond motifs is 1. The van der Waals surface area contributed by atoms with Crippen LogP contribution in [-0.4, -0.2) is 36.5 Å². The van der Waals surface area contributed by atoms with E-state index in [1.54, 1.807) is 26.4 Å². The summed E-state index contributed by atoms with van der Waals surface area (Å²) in [4.78, 5) is 3.10. The number of hydrogen-bond donors (Lipinski definition) is 1. The van der Waals surface area contributed by atoms with Crippen molar-refractivity contribution in [3.05, 3.63) is 26.9 Å². The summed E-state index contributed by atoms with van der Waals surface area (Å²) in [5.74, 6) is 0. The van der Waals surface area contributed by atoms with Crippen LogP contribution in [0.3, 0.4) is 0 Å². The molecule has 1 heterocycles. The number of nitrogens with one attached hydrogen (secondary N) is 1. The summed E-state index contributed by atoms with van der Waals surface area (Å²) in [6, 6.07) is 3.56. The second-order valence-electron chi connectivity index (χ2n) is 4.14. The third-order valence-electron chi connectivity index (χ3n) is 2.89. The van der Waals surface area contributed by atoms with Gasteiger partial charge < -0.3 is 19.0 Å². The maximum atomic E-state index is 6.05. The molecule has 1 aromatic carbocycles. The number of aromatic amines is 1. The van der Waals surface area contributed by atoms with Gasteiger partial charge in [-0.2, -0.15) is 0 Å². The van der Waals surface area contributed by atoms with Crippen LogP contribution >= 0.6 is 35.4 Å². The van der Waals surface area contributed by atoms with Gasteiger partial charge in [-0.05, 0) is 24.4 Å². The molecule has 4 nitrogen and oxygen atoms in total. The molecule has 0 aliphatic heterocycles. The van der Waals surface area contributed by atoms with Crippen LogP contribution in [0.5, 0.6) is 0 Å². The van der Waals surface area contributed by atoms with E-state index < -0.39 is 0 Å². The molecule has 0 saturated carbocycles. The summed E-state index contributed by atoms with van der Waals surface area (Å²) in [7, 11) is 3.28. The molecule has 0 fully saturated rings. The standard InChI is InChI=1S/C12H14Cl2N2O2S/c1-17-6-7(18-2)5-16-11-4-9(14)8(13)3-10(11)15-12(16)19/h3-4,7H,5-6H2,1-2H3,(H,15,19). The summed E-state index contributed by atoms with van der Waals surface area (Å²) in [6.07, 6.45) is -0.0786. The van der Waals surface area contributed by atoms with E-state index in [-0.39, 0.29) is 6.10 Å². The smallest absolute Gasteiger partial charge is 0.178 e. The van der Waals surface area contributed by atoms with Gasteiger partial charge in [0.2, 0.25) is 0 Å². The van der Waals surface area contributed by atoms with Crippen molar-refractivity contribution in [3.8, 4) is 0 Å². The van der Waals surface area contributed by atoms with Crippen LogP contribution in [0.2, 0.25) is 10.0 Å². The van der Waals surface area contributed by atoms with Gasteiger partial charge in [-0.1, -0.05) is 23.2 Å².